The summed E-state index contributed by atoms with van der Waals surface area (Å²) in [6.45, 7) is 7.69. The Bertz CT molecular complexity index is 819. The maximum atomic E-state index is 13.2. The molecule has 0 unspecified atom stereocenters. The molecule has 2 aliphatic rings. The Labute approximate surface area is 177 Å². The van der Waals surface area contributed by atoms with E-state index in [0.29, 0.717) is 33.8 Å². The number of hydrogen-bond acceptors (Lipinski definition) is 4. The minimum Gasteiger partial charge on any atom is -0.308 e. The number of rotatable bonds is 8. The molecule has 1 saturated heterocycles. The molecule has 1 aromatic carbocycles. The summed E-state index contributed by atoms with van der Waals surface area (Å²) in [4.78, 5) is 30.4. The molecule has 0 spiro atoms. The fraction of sp³-hybridized carbons (Fsp3) is 0.500. The first-order chi connectivity index (χ1) is 13.5. The largest absolute Gasteiger partial charge is 0.308 e. The van der Waals surface area contributed by atoms with Gasteiger partial charge in [-0.15, -0.1) is 0 Å². The fourth-order valence-corrected chi connectivity index (χ4v) is 5.17. The molecule has 4 nitrogen and oxygen atoms in total. The van der Waals surface area contributed by atoms with Gasteiger partial charge in [-0.2, -0.15) is 0 Å². The summed E-state index contributed by atoms with van der Waals surface area (Å²) in [5.74, 6) is 0.248. The molecule has 2 heterocycles. The minimum atomic E-state index is -0.110. The Morgan fingerprint density at radius 3 is 2.46 bits per heavy atom. The lowest BCUT2D eigenvalue weighted by Crippen LogP contribution is -2.33. The molecule has 28 heavy (non-hydrogen) atoms. The van der Waals surface area contributed by atoms with Gasteiger partial charge in [-0.25, -0.2) is 0 Å². The molecular formula is C22H28N2O2S2. The molecule has 0 aliphatic carbocycles. The zero-order valence-electron chi connectivity index (χ0n) is 16.9. The van der Waals surface area contributed by atoms with E-state index in [-0.39, 0.29) is 11.8 Å². The molecule has 1 atom stereocenters. The number of para-hydroxylation sites is 1. The summed E-state index contributed by atoms with van der Waals surface area (Å²) < 4.78 is 0.571. The lowest BCUT2D eigenvalue weighted by atomic mass is 9.98. The highest BCUT2D eigenvalue weighted by molar-refractivity contribution is 8.26. The van der Waals surface area contributed by atoms with Crippen molar-refractivity contribution in [2.75, 3.05) is 18.0 Å². The van der Waals surface area contributed by atoms with Crippen LogP contribution in [-0.4, -0.2) is 34.1 Å². The Hall–Kier alpha value is -1.66. The van der Waals surface area contributed by atoms with E-state index in [1.807, 2.05) is 24.3 Å². The van der Waals surface area contributed by atoms with E-state index in [4.69, 9.17) is 12.2 Å². The van der Waals surface area contributed by atoms with Gasteiger partial charge in [0.15, 0.2) is 0 Å². The number of anilines is 1. The molecule has 0 N–H and O–H groups in total. The molecule has 0 aromatic heterocycles. The minimum absolute atomic E-state index is 0.0819. The second kappa shape index (κ2) is 9.23. The lowest BCUT2D eigenvalue weighted by Gasteiger charge is -2.21. The number of hydrogen-bond donors (Lipinski definition) is 0. The lowest BCUT2D eigenvalue weighted by molar-refractivity contribution is -0.123. The van der Waals surface area contributed by atoms with Crippen LogP contribution >= 0.6 is 24.0 Å². The van der Waals surface area contributed by atoms with E-state index in [1.54, 1.807) is 9.80 Å². The molecule has 6 heteroatoms. The van der Waals surface area contributed by atoms with Crippen LogP contribution in [0.1, 0.15) is 58.4 Å². The first-order valence-electron chi connectivity index (χ1n) is 10.2. The van der Waals surface area contributed by atoms with Gasteiger partial charge in [-0.1, -0.05) is 82.2 Å². The van der Waals surface area contributed by atoms with Gasteiger partial charge in [-0.05, 0) is 24.8 Å². The van der Waals surface area contributed by atoms with Crippen LogP contribution in [0.3, 0.4) is 0 Å². The monoisotopic (exact) mass is 416 g/mol. The Balaban J connectivity index is 1.93. The maximum absolute atomic E-state index is 13.2. The SMILES string of the molecule is CCCC[C@H](CC)CN1C(=O)/C(=C2/C(=O)N(CCC)c3ccccc32)SC1=S. The molecule has 2 amide bonds. The van der Waals surface area contributed by atoms with Gasteiger partial charge in [0.05, 0.1) is 16.2 Å². The van der Waals surface area contributed by atoms with Crippen molar-refractivity contribution in [2.45, 2.75) is 52.9 Å². The van der Waals surface area contributed by atoms with Crippen molar-refractivity contribution in [1.82, 2.24) is 4.90 Å². The number of thiocarbonyl (C=S) groups is 1. The third-order valence-corrected chi connectivity index (χ3v) is 6.88. The van der Waals surface area contributed by atoms with E-state index in [2.05, 4.69) is 20.8 Å². The predicted molar refractivity (Wildman–Crippen MR) is 121 cm³/mol. The van der Waals surface area contributed by atoms with Crippen molar-refractivity contribution in [2.24, 2.45) is 5.92 Å². The fourth-order valence-electron chi connectivity index (χ4n) is 3.83. The molecular weight excluding hydrogens is 388 g/mol. The van der Waals surface area contributed by atoms with Gasteiger partial charge in [0.25, 0.3) is 11.8 Å². The summed E-state index contributed by atoms with van der Waals surface area (Å²) in [6, 6.07) is 7.73. The van der Waals surface area contributed by atoms with Crippen molar-refractivity contribution in [3.05, 3.63) is 34.7 Å². The first kappa shape index (κ1) is 21.1. The normalized spacial score (nSPS) is 20.3. The van der Waals surface area contributed by atoms with Crippen LogP contribution in [0.15, 0.2) is 29.2 Å². The van der Waals surface area contributed by atoms with Crippen molar-refractivity contribution in [3.8, 4) is 0 Å². The highest BCUT2D eigenvalue weighted by atomic mass is 32.2. The Morgan fingerprint density at radius 2 is 1.79 bits per heavy atom. The first-order valence-corrected chi connectivity index (χ1v) is 11.4. The van der Waals surface area contributed by atoms with Gasteiger partial charge in [0, 0.05) is 18.7 Å². The smallest absolute Gasteiger partial charge is 0.267 e. The average Bonchev–Trinajstić information content (AvgIpc) is 3.13. The number of benzene rings is 1. The molecule has 0 radical (unpaired) electrons. The second-order valence-corrected chi connectivity index (χ2v) is 9.02. The third-order valence-electron chi connectivity index (χ3n) is 5.43. The van der Waals surface area contributed by atoms with E-state index in [9.17, 15) is 9.59 Å². The number of carbonyl (C=O) groups is 2. The molecule has 150 valence electrons. The molecule has 2 aliphatic heterocycles. The van der Waals surface area contributed by atoms with Crippen LogP contribution in [0.5, 0.6) is 0 Å². The summed E-state index contributed by atoms with van der Waals surface area (Å²) in [6.07, 6.45) is 5.30. The number of unbranched alkanes of at least 4 members (excludes halogenated alkanes) is 1. The van der Waals surface area contributed by atoms with Crippen molar-refractivity contribution in [1.29, 1.82) is 0 Å². The summed E-state index contributed by atoms with van der Waals surface area (Å²) >= 11 is 6.82. The highest BCUT2D eigenvalue weighted by Crippen LogP contribution is 2.44. The van der Waals surface area contributed by atoms with Crippen molar-refractivity contribution < 1.29 is 9.59 Å². The van der Waals surface area contributed by atoms with Gasteiger partial charge in [0.1, 0.15) is 4.32 Å². The summed E-state index contributed by atoms with van der Waals surface area (Å²) in [5, 5.41) is 0. The summed E-state index contributed by atoms with van der Waals surface area (Å²) in [5.41, 5.74) is 2.26. The van der Waals surface area contributed by atoms with Gasteiger partial charge in [-0.3, -0.25) is 14.5 Å². The van der Waals surface area contributed by atoms with Crippen LogP contribution in [0, 0.1) is 5.92 Å². The quantitative estimate of drug-likeness (QED) is 0.430. The van der Waals surface area contributed by atoms with Crippen molar-refractivity contribution in [3.63, 3.8) is 0 Å². The summed E-state index contributed by atoms with van der Waals surface area (Å²) in [7, 11) is 0. The zero-order valence-corrected chi connectivity index (χ0v) is 18.5. The number of nitrogens with zero attached hydrogens (tertiary/aromatic N) is 2. The highest BCUT2D eigenvalue weighted by Gasteiger charge is 2.42. The van der Waals surface area contributed by atoms with Crippen LogP contribution in [0.4, 0.5) is 5.69 Å². The van der Waals surface area contributed by atoms with E-state index < -0.39 is 0 Å². The van der Waals surface area contributed by atoms with E-state index >= 15 is 0 Å². The van der Waals surface area contributed by atoms with Crippen LogP contribution in [0.25, 0.3) is 5.57 Å². The molecule has 0 bridgehead atoms. The second-order valence-electron chi connectivity index (χ2n) is 7.38. The van der Waals surface area contributed by atoms with Gasteiger partial charge >= 0.3 is 0 Å². The number of amides is 2. The van der Waals surface area contributed by atoms with Gasteiger partial charge in [0.2, 0.25) is 0 Å². The van der Waals surface area contributed by atoms with E-state index in [0.717, 1.165) is 43.4 Å². The van der Waals surface area contributed by atoms with Crippen LogP contribution in [0.2, 0.25) is 0 Å². The Morgan fingerprint density at radius 1 is 1.04 bits per heavy atom. The molecule has 1 fully saturated rings. The third kappa shape index (κ3) is 3.90. The Kier molecular flexibility index (Phi) is 6.94. The van der Waals surface area contributed by atoms with Crippen LogP contribution in [-0.2, 0) is 9.59 Å². The zero-order chi connectivity index (χ0) is 20.3. The number of fused-ring (bicyclic) bond motifs is 1. The average molecular weight is 417 g/mol. The number of thioether (sulfide) groups is 1. The molecule has 3 rings (SSSR count). The van der Waals surface area contributed by atoms with E-state index in [1.165, 1.54) is 11.8 Å². The standard InChI is InChI=1S/C22H28N2O2S2/c1-4-7-10-15(6-3)14-24-21(26)19(28-22(24)27)18-16-11-8-9-12-17(16)23(13-5-2)20(18)25/h8-9,11-12,15H,4-7,10,13-14H2,1-3H3/b19-18-/t15-/m0/s1. The predicted octanol–water partition coefficient (Wildman–Crippen LogP) is 5.23. The topological polar surface area (TPSA) is 40.6 Å². The van der Waals surface area contributed by atoms with Crippen molar-refractivity contribution >= 4 is 51.4 Å². The molecule has 0 saturated carbocycles. The van der Waals surface area contributed by atoms with Crippen LogP contribution < -0.4 is 4.90 Å². The maximum Gasteiger partial charge on any atom is 0.267 e. The molecule has 1 aromatic rings. The van der Waals surface area contributed by atoms with Gasteiger partial charge < -0.3 is 4.90 Å². The number of carbonyl (C=O) groups excluding carboxylic acids is 2.